The number of nitrogens with one attached hydrogen (secondary N) is 2. The smallest absolute Gasteiger partial charge is 0.258 e. The minimum absolute atomic E-state index is 0.00175. The third kappa shape index (κ3) is 4.93. The molecule has 0 radical (unpaired) electrons. The number of ether oxygens (including phenoxy) is 1. The Morgan fingerprint density at radius 3 is 2.17 bits per heavy atom. The number of carbonyl (C=O) groups is 2. The normalized spacial score (nSPS) is 29.5. The van der Waals surface area contributed by atoms with Crippen molar-refractivity contribution in [3.05, 3.63) is 29.8 Å². The van der Waals surface area contributed by atoms with Crippen LogP contribution in [-0.4, -0.2) is 31.5 Å². The zero-order chi connectivity index (χ0) is 20.3. The summed E-state index contributed by atoms with van der Waals surface area (Å²) < 4.78 is 5.63. The highest BCUT2D eigenvalue weighted by Crippen LogP contribution is 2.61. The van der Waals surface area contributed by atoms with Crippen LogP contribution in [0.4, 0.5) is 0 Å². The standard InChI is InChI=1S/C24H34N2O3/c1-2-20-5-3-4-6-21(20)29-16-23(28)26-8-7-25-22(27)15-24-12-17-9-18(13-24)11-19(10-17)14-24/h3-6,17-19H,2,7-16H2,1H3,(H,25,27)(H,26,28). The van der Waals surface area contributed by atoms with E-state index in [0.717, 1.165) is 35.5 Å². The van der Waals surface area contributed by atoms with Crippen LogP contribution < -0.4 is 15.4 Å². The number of para-hydroxylation sites is 1. The molecular formula is C24H34N2O3. The molecule has 2 amide bonds. The molecule has 5 heteroatoms. The minimum Gasteiger partial charge on any atom is -0.483 e. The lowest BCUT2D eigenvalue weighted by molar-refractivity contribution is -0.129. The van der Waals surface area contributed by atoms with E-state index in [1.54, 1.807) is 0 Å². The van der Waals surface area contributed by atoms with Gasteiger partial charge in [-0.3, -0.25) is 9.59 Å². The van der Waals surface area contributed by atoms with Crippen LogP contribution in [0.1, 0.15) is 57.4 Å². The first kappa shape index (κ1) is 20.2. The summed E-state index contributed by atoms with van der Waals surface area (Å²) >= 11 is 0. The van der Waals surface area contributed by atoms with Gasteiger partial charge in [-0.25, -0.2) is 0 Å². The fourth-order valence-corrected chi connectivity index (χ4v) is 6.44. The van der Waals surface area contributed by atoms with E-state index >= 15 is 0 Å². The summed E-state index contributed by atoms with van der Waals surface area (Å²) in [6.45, 7) is 2.97. The van der Waals surface area contributed by atoms with E-state index in [1.165, 1.54) is 38.5 Å². The topological polar surface area (TPSA) is 67.4 Å². The van der Waals surface area contributed by atoms with Gasteiger partial charge in [-0.1, -0.05) is 25.1 Å². The molecule has 5 nitrogen and oxygen atoms in total. The number of rotatable bonds is 9. The van der Waals surface area contributed by atoms with Crippen molar-refractivity contribution in [2.75, 3.05) is 19.7 Å². The van der Waals surface area contributed by atoms with Gasteiger partial charge in [0.15, 0.2) is 6.61 Å². The van der Waals surface area contributed by atoms with Crippen LogP contribution in [0.15, 0.2) is 24.3 Å². The summed E-state index contributed by atoms with van der Waals surface area (Å²) in [6, 6.07) is 7.77. The number of aryl methyl sites for hydroxylation is 1. The van der Waals surface area contributed by atoms with Gasteiger partial charge in [0.1, 0.15) is 5.75 Å². The van der Waals surface area contributed by atoms with Crippen molar-refractivity contribution in [3.8, 4) is 5.75 Å². The molecule has 0 atom stereocenters. The SMILES string of the molecule is CCc1ccccc1OCC(=O)NCCNC(=O)CC12CC3CC(CC(C3)C1)C2. The Labute approximate surface area is 174 Å². The van der Waals surface area contributed by atoms with Crippen LogP contribution in [0.3, 0.4) is 0 Å². The zero-order valence-corrected chi connectivity index (χ0v) is 17.5. The lowest BCUT2D eigenvalue weighted by Gasteiger charge is -2.56. The third-order valence-electron chi connectivity index (χ3n) is 7.18. The second-order valence-corrected chi connectivity index (χ2v) is 9.54. The molecule has 0 aliphatic heterocycles. The van der Waals surface area contributed by atoms with Crippen molar-refractivity contribution >= 4 is 11.8 Å². The van der Waals surface area contributed by atoms with Gasteiger partial charge in [0.25, 0.3) is 5.91 Å². The monoisotopic (exact) mass is 398 g/mol. The maximum atomic E-state index is 12.5. The highest BCUT2D eigenvalue weighted by molar-refractivity contribution is 5.78. The average molecular weight is 399 g/mol. The highest BCUT2D eigenvalue weighted by atomic mass is 16.5. The minimum atomic E-state index is -0.161. The van der Waals surface area contributed by atoms with E-state index in [-0.39, 0.29) is 23.8 Å². The maximum absolute atomic E-state index is 12.5. The number of carbonyl (C=O) groups excluding carboxylic acids is 2. The van der Waals surface area contributed by atoms with Gasteiger partial charge in [0.2, 0.25) is 5.91 Å². The molecule has 0 aromatic heterocycles. The lowest BCUT2D eigenvalue weighted by Crippen LogP contribution is -2.48. The summed E-state index contributed by atoms with van der Waals surface area (Å²) in [5.74, 6) is 3.35. The van der Waals surface area contributed by atoms with E-state index < -0.39 is 0 Å². The first-order valence-electron chi connectivity index (χ1n) is 11.3. The van der Waals surface area contributed by atoms with Crippen molar-refractivity contribution in [1.82, 2.24) is 10.6 Å². The number of hydrogen-bond acceptors (Lipinski definition) is 3. The second kappa shape index (κ2) is 8.76. The summed E-state index contributed by atoms with van der Waals surface area (Å²) in [5.41, 5.74) is 1.36. The van der Waals surface area contributed by atoms with Crippen molar-refractivity contribution < 1.29 is 14.3 Å². The Morgan fingerprint density at radius 1 is 0.966 bits per heavy atom. The molecule has 0 spiro atoms. The van der Waals surface area contributed by atoms with Crippen molar-refractivity contribution in [2.24, 2.45) is 23.2 Å². The van der Waals surface area contributed by atoms with Crippen molar-refractivity contribution in [3.63, 3.8) is 0 Å². The molecule has 0 saturated heterocycles. The van der Waals surface area contributed by atoms with Crippen LogP contribution in [-0.2, 0) is 16.0 Å². The van der Waals surface area contributed by atoms with Gasteiger partial charge in [-0.2, -0.15) is 0 Å². The molecule has 1 aromatic carbocycles. The molecule has 29 heavy (non-hydrogen) atoms. The number of hydrogen-bond donors (Lipinski definition) is 2. The van der Waals surface area contributed by atoms with Gasteiger partial charge in [-0.15, -0.1) is 0 Å². The molecule has 4 bridgehead atoms. The van der Waals surface area contributed by atoms with Gasteiger partial charge in [0, 0.05) is 19.5 Å². The number of benzene rings is 1. The predicted octanol–water partition coefficient (Wildman–Crippen LogP) is 3.47. The summed E-state index contributed by atoms with van der Waals surface area (Å²) in [6.07, 6.45) is 9.49. The Hall–Kier alpha value is -2.04. The van der Waals surface area contributed by atoms with E-state index in [9.17, 15) is 9.59 Å². The average Bonchev–Trinajstić information content (AvgIpc) is 2.68. The molecule has 4 aliphatic carbocycles. The fourth-order valence-electron chi connectivity index (χ4n) is 6.44. The molecule has 0 unspecified atom stereocenters. The third-order valence-corrected chi connectivity index (χ3v) is 7.18. The summed E-state index contributed by atoms with van der Waals surface area (Å²) in [4.78, 5) is 24.5. The highest BCUT2D eigenvalue weighted by Gasteiger charge is 2.51. The number of amides is 2. The molecule has 4 fully saturated rings. The van der Waals surface area contributed by atoms with Crippen LogP contribution >= 0.6 is 0 Å². The Bertz CT molecular complexity index is 710. The molecule has 2 N–H and O–H groups in total. The molecule has 0 heterocycles. The fraction of sp³-hybridized carbons (Fsp3) is 0.667. The predicted molar refractivity (Wildman–Crippen MR) is 113 cm³/mol. The summed E-state index contributed by atoms with van der Waals surface area (Å²) in [5, 5.41) is 5.84. The summed E-state index contributed by atoms with van der Waals surface area (Å²) in [7, 11) is 0. The van der Waals surface area contributed by atoms with Crippen LogP contribution in [0.2, 0.25) is 0 Å². The molecular weight excluding hydrogens is 364 g/mol. The van der Waals surface area contributed by atoms with Crippen LogP contribution in [0.25, 0.3) is 0 Å². The van der Waals surface area contributed by atoms with Gasteiger partial charge in [-0.05, 0) is 79.7 Å². The molecule has 4 saturated carbocycles. The van der Waals surface area contributed by atoms with Gasteiger partial charge in [0.05, 0.1) is 0 Å². The van der Waals surface area contributed by atoms with Crippen LogP contribution in [0, 0.1) is 23.2 Å². The molecule has 5 rings (SSSR count). The van der Waals surface area contributed by atoms with E-state index in [4.69, 9.17) is 4.74 Å². The quantitative estimate of drug-likeness (QED) is 0.626. The van der Waals surface area contributed by atoms with Crippen molar-refractivity contribution in [2.45, 2.75) is 58.3 Å². The van der Waals surface area contributed by atoms with Crippen LogP contribution in [0.5, 0.6) is 5.75 Å². The maximum Gasteiger partial charge on any atom is 0.258 e. The first-order valence-corrected chi connectivity index (χ1v) is 11.3. The van der Waals surface area contributed by atoms with Gasteiger partial charge < -0.3 is 15.4 Å². The Balaban J connectivity index is 1.13. The lowest BCUT2D eigenvalue weighted by atomic mass is 9.49. The Morgan fingerprint density at radius 2 is 1.55 bits per heavy atom. The zero-order valence-electron chi connectivity index (χ0n) is 17.5. The van der Waals surface area contributed by atoms with Gasteiger partial charge >= 0.3 is 0 Å². The first-order chi connectivity index (χ1) is 14.0. The van der Waals surface area contributed by atoms with E-state index in [0.29, 0.717) is 19.5 Å². The molecule has 4 aliphatic rings. The van der Waals surface area contributed by atoms with E-state index in [1.807, 2.05) is 24.3 Å². The largest absolute Gasteiger partial charge is 0.483 e. The second-order valence-electron chi connectivity index (χ2n) is 9.54. The van der Waals surface area contributed by atoms with Crippen molar-refractivity contribution in [1.29, 1.82) is 0 Å². The van der Waals surface area contributed by atoms with E-state index in [2.05, 4.69) is 17.6 Å². The molecule has 158 valence electrons. The molecule has 1 aromatic rings. The Kier molecular flexibility index (Phi) is 6.12.